The van der Waals surface area contributed by atoms with Crippen LogP contribution >= 0.6 is 46.4 Å². The highest BCUT2D eigenvalue weighted by molar-refractivity contribution is 6.35. The maximum absolute atomic E-state index is 12.5. The van der Waals surface area contributed by atoms with Crippen LogP contribution in [0.15, 0.2) is 36.4 Å². The Kier molecular flexibility index (Phi) is 7.29. The van der Waals surface area contributed by atoms with Crippen LogP contribution in [0.25, 0.3) is 0 Å². The maximum atomic E-state index is 12.5. The molecular weight excluding hydrogens is 426 g/mol. The number of likely N-dealkylation sites (tertiary alicyclic amines) is 1. The molecule has 0 radical (unpaired) electrons. The molecule has 2 aromatic rings. The first-order valence-electron chi connectivity index (χ1n) is 8.80. The Balaban J connectivity index is 1.47. The van der Waals surface area contributed by atoms with Crippen molar-refractivity contribution in [3.63, 3.8) is 0 Å². The van der Waals surface area contributed by atoms with Crippen LogP contribution in [0.1, 0.15) is 24.0 Å². The molecule has 1 fully saturated rings. The minimum atomic E-state index is 0.0213. The summed E-state index contributed by atoms with van der Waals surface area (Å²) in [4.78, 5) is 14.8. The number of piperidine rings is 1. The van der Waals surface area contributed by atoms with Crippen LogP contribution in [0.4, 0.5) is 0 Å². The number of carbonyl (C=O) groups excluding carboxylic acids is 1. The molecular formula is C20H20Cl4N2O. The number of hydrogen-bond donors (Lipinski definition) is 1. The Morgan fingerprint density at radius 2 is 1.48 bits per heavy atom. The average molecular weight is 446 g/mol. The summed E-state index contributed by atoms with van der Waals surface area (Å²) < 4.78 is 0. The van der Waals surface area contributed by atoms with Crippen molar-refractivity contribution in [3.05, 3.63) is 67.6 Å². The molecule has 0 spiro atoms. The largest absolute Gasteiger partial charge is 0.352 e. The summed E-state index contributed by atoms with van der Waals surface area (Å²) in [6, 6.07) is 10.9. The zero-order valence-electron chi connectivity index (χ0n) is 14.7. The topological polar surface area (TPSA) is 32.3 Å². The number of carbonyl (C=O) groups is 1. The molecule has 1 aliphatic heterocycles. The van der Waals surface area contributed by atoms with Gasteiger partial charge in [0.25, 0.3) is 0 Å². The third-order valence-electron chi connectivity index (χ3n) is 4.84. The van der Waals surface area contributed by atoms with Crippen LogP contribution in [-0.2, 0) is 17.9 Å². The van der Waals surface area contributed by atoms with Crippen LogP contribution in [0, 0.1) is 5.92 Å². The van der Waals surface area contributed by atoms with Crippen molar-refractivity contribution in [2.24, 2.45) is 5.92 Å². The first kappa shape index (κ1) is 20.8. The predicted octanol–water partition coefficient (Wildman–Crippen LogP) is 5.83. The fraction of sp³-hybridized carbons (Fsp3) is 0.350. The molecule has 0 aliphatic carbocycles. The van der Waals surface area contributed by atoms with Gasteiger partial charge < -0.3 is 5.32 Å². The fourth-order valence-electron chi connectivity index (χ4n) is 3.24. The summed E-state index contributed by atoms with van der Waals surface area (Å²) in [5, 5.41) is 5.46. The average Bonchev–Trinajstić information content (AvgIpc) is 2.64. The SMILES string of the molecule is O=C(NCc1ccc(Cl)cc1Cl)C1CCN(Cc2ccc(Cl)cc2Cl)CC1. The van der Waals surface area contributed by atoms with Gasteiger partial charge in [0.15, 0.2) is 0 Å². The van der Waals surface area contributed by atoms with Crippen molar-refractivity contribution in [3.8, 4) is 0 Å². The van der Waals surface area contributed by atoms with Crippen molar-refractivity contribution in [1.29, 1.82) is 0 Å². The number of halogens is 4. The van der Waals surface area contributed by atoms with Gasteiger partial charge >= 0.3 is 0 Å². The highest BCUT2D eigenvalue weighted by atomic mass is 35.5. The number of nitrogens with zero attached hydrogens (tertiary/aromatic N) is 1. The summed E-state index contributed by atoms with van der Waals surface area (Å²) in [6.07, 6.45) is 1.65. The lowest BCUT2D eigenvalue weighted by Crippen LogP contribution is -2.40. The number of amides is 1. The summed E-state index contributed by atoms with van der Waals surface area (Å²) in [6.45, 7) is 2.90. The van der Waals surface area contributed by atoms with E-state index in [0.717, 1.165) is 43.6 Å². The summed E-state index contributed by atoms with van der Waals surface area (Å²) in [5.41, 5.74) is 1.92. The lowest BCUT2D eigenvalue weighted by atomic mass is 9.95. The van der Waals surface area contributed by atoms with Gasteiger partial charge in [-0.15, -0.1) is 0 Å². The normalized spacial score (nSPS) is 15.7. The third kappa shape index (κ3) is 5.75. The van der Waals surface area contributed by atoms with Gasteiger partial charge in [-0.2, -0.15) is 0 Å². The van der Waals surface area contributed by atoms with Gasteiger partial charge in [-0.25, -0.2) is 0 Å². The molecule has 0 saturated carbocycles. The van der Waals surface area contributed by atoms with Crippen LogP contribution < -0.4 is 5.32 Å². The van der Waals surface area contributed by atoms with Crippen LogP contribution in [0.3, 0.4) is 0 Å². The number of nitrogens with one attached hydrogen (secondary N) is 1. The second-order valence-electron chi connectivity index (χ2n) is 6.74. The van der Waals surface area contributed by atoms with E-state index in [2.05, 4.69) is 10.2 Å². The number of rotatable bonds is 5. The van der Waals surface area contributed by atoms with Gasteiger partial charge in [0, 0.05) is 39.1 Å². The van der Waals surface area contributed by atoms with Crippen molar-refractivity contribution in [1.82, 2.24) is 10.2 Å². The number of hydrogen-bond acceptors (Lipinski definition) is 2. The minimum Gasteiger partial charge on any atom is -0.352 e. The Bertz CT molecular complexity index is 820. The van der Waals surface area contributed by atoms with E-state index in [1.165, 1.54) is 0 Å². The molecule has 0 aromatic heterocycles. The van der Waals surface area contributed by atoms with Crippen LogP contribution in [0.2, 0.25) is 20.1 Å². The summed E-state index contributed by atoms with van der Waals surface area (Å²) >= 11 is 24.3. The molecule has 3 rings (SSSR count). The van der Waals surface area contributed by atoms with Crippen molar-refractivity contribution in [2.45, 2.75) is 25.9 Å². The van der Waals surface area contributed by atoms with Gasteiger partial charge in [-0.1, -0.05) is 58.5 Å². The zero-order valence-corrected chi connectivity index (χ0v) is 17.7. The molecule has 1 amide bonds. The highest BCUT2D eigenvalue weighted by Crippen LogP contribution is 2.25. The van der Waals surface area contributed by atoms with E-state index in [9.17, 15) is 4.79 Å². The second-order valence-corrected chi connectivity index (χ2v) is 8.43. The van der Waals surface area contributed by atoms with E-state index in [1.54, 1.807) is 18.2 Å². The molecule has 1 saturated heterocycles. The van der Waals surface area contributed by atoms with Crippen molar-refractivity contribution >= 4 is 52.3 Å². The van der Waals surface area contributed by atoms with Crippen molar-refractivity contribution < 1.29 is 4.79 Å². The molecule has 3 nitrogen and oxygen atoms in total. The van der Waals surface area contributed by atoms with Gasteiger partial charge in [0.1, 0.15) is 0 Å². The lowest BCUT2D eigenvalue weighted by Gasteiger charge is -2.31. The highest BCUT2D eigenvalue weighted by Gasteiger charge is 2.25. The first-order valence-corrected chi connectivity index (χ1v) is 10.3. The van der Waals surface area contributed by atoms with Gasteiger partial charge in [0.05, 0.1) is 0 Å². The van der Waals surface area contributed by atoms with E-state index in [4.69, 9.17) is 46.4 Å². The molecule has 0 bridgehead atoms. The molecule has 2 aromatic carbocycles. The van der Waals surface area contributed by atoms with E-state index < -0.39 is 0 Å². The van der Waals surface area contributed by atoms with E-state index >= 15 is 0 Å². The van der Waals surface area contributed by atoms with E-state index in [0.29, 0.717) is 26.6 Å². The van der Waals surface area contributed by atoms with Crippen molar-refractivity contribution in [2.75, 3.05) is 13.1 Å². The Labute approximate surface area is 179 Å². The van der Waals surface area contributed by atoms with Crippen LogP contribution in [-0.4, -0.2) is 23.9 Å². The van der Waals surface area contributed by atoms with E-state index in [1.807, 2.05) is 18.2 Å². The Hall–Kier alpha value is -0.970. The molecule has 1 heterocycles. The predicted molar refractivity (Wildman–Crippen MR) is 113 cm³/mol. The molecule has 27 heavy (non-hydrogen) atoms. The summed E-state index contributed by atoms with van der Waals surface area (Å²) in [5.74, 6) is 0.0956. The summed E-state index contributed by atoms with van der Waals surface area (Å²) in [7, 11) is 0. The van der Waals surface area contributed by atoms with Crippen LogP contribution in [0.5, 0.6) is 0 Å². The first-order chi connectivity index (χ1) is 12.9. The number of benzene rings is 2. The standard InChI is InChI=1S/C20H20Cl4N2O/c21-16-3-1-14(18(23)9-16)11-25-20(27)13-5-7-26(8-6-13)12-15-2-4-17(22)10-19(15)24/h1-4,9-10,13H,5-8,11-12H2,(H,25,27). The molecule has 7 heteroatoms. The third-order valence-corrected chi connectivity index (χ3v) is 6.01. The quantitative estimate of drug-likeness (QED) is 0.627. The van der Waals surface area contributed by atoms with Gasteiger partial charge in [0.2, 0.25) is 5.91 Å². The molecule has 0 atom stereocenters. The smallest absolute Gasteiger partial charge is 0.223 e. The Morgan fingerprint density at radius 3 is 2.04 bits per heavy atom. The molecule has 0 unspecified atom stereocenters. The maximum Gasteiger partial charge on any atom is 0.223 e. The van der Waals surface area contributed by atoms with E-state index in [-0.39, 0.29) is 11.8 Å². The van der Waals surface area contributed by atoms with Gasteiger partial charge in [-0.05, 0) is 61.3 Å². The fourth-order valence-corrected chi connectivity index (χ4v) is 4.18. The molecule has 1 N–H and O–H groups in total. The van der Waals surface area contributed by atoms with Gasteiger partial charge in [-0.3, -0.25) is 9.69 Å². The Morgan fingerprint density at radius 1 is 0.926 bits per heavy atom. The molecule has 1 aliphatic rings. The lowest BCUT2D eigenvalue weighted by molar-refractivity contribution is -0.126. The minimum absolute atomic E-state index is 0.0213. The zero-order chi connectivity index (χ0) is 19.4. The monoisotopic (exact) mass is 444 g/mol. The molecule has 144 valence electrons. The second kappa shape index (κ2) is 9.49.